The average molecular weight is 423 g/mol. The predicted octanol–water partition coefficient (Wildman–Crippen LogP) is 2.97. The monoisotopic (exact) mass is 423 g/mol. The molecular formula is C23H25N3O5. The summed E-state index contributed by atoms with van der Waals surface area (Å²) in [5.41, 5.74) is 7.23. The van der Waals surface area contributed by atoms with Crippen LogP contribution in [0.5, 0.6) is 5.75 Å². The third-order valence-corrected chi connectivity index (χ3v) is 5.76. The molecule has 2 heterocycles. The van der Waals surface area contributed by atoms with Crippen LogP contribution in [-0.2, 0) is 14.3 Å². The highest BCUT2D eigenvalue weighted by Gasteiger charge is 2.42. The van der Waals surface area contributed by atoms with Crippen molar-refractivity contribution in [3.8, 4) is 11.8 Å². The van der Waals surface area contributed by atoms with Crippen LogP contribution in [0.15, 0.2) is 47.1 Å². The smallest absolute Gasteiger partial charge is 0.415 e. The average Bonchev–Trinajstić information content (AvgIpc) is 2.73. The van der Waals surface area contributed by atoms with Gasteiger partial charge in [-0.15, -0.1) is 0 Å². The molecule has 1 amide bonds. The Balaban J connectivity index is 1.61. The minimum Gasteiger partial charge on any atom is -0.444 e. The summed E-state index contributed by atoms with van der Waals surface area (Å²) >= 11 is 0. The minimum atomic E-state index is -0.596. The maximum atomic E-state index is 13.0. The fourth-order valence-electron chi connectivity index (χ4n) is 4.26. The molecule has 1 aromatic rings. The predicted molar refractivity (Wildman–Crippen MR) is 111 cm³/mol. The summed E-state index contributed by atoms with van der Waals surface area (Å²) in [5, 5.41) is 9.70. The molecule has 31 heavy (non-hydrogen) atoms. The Labute approximate surface area is 180 Å². The van der Waals surface area contributed by atoms with Gasteiger partial charge in [0.25, 0.3) is 0 Å². The lowest BCUT2D eigenvalue weighted by molar-refractivity contribution is -0.119. The Morgan fingerprint density at radius 1 is 1.23 bits per heavy atom. The molecule has 0 aromatic heterocycles. The van der Waals surface area contributed by atoms with Crippen LogP contribution in [0, 0.1) is 16.7 Å². The van der Waals surface area contributed by atoms with Crippen LogP contribution in [0.4, 0.5) is 4.79 Å². The van der Waals surface area contributed by atoms with E-state index in [1.165, 1.54) is 0 Å². The van der Waals surface area contributed by atoms with E-state index in [0.717, 1.165) is 5.56 Å². The van der Waals surface area contributed by atoms with Crippen molar-refractivity contribution in [3.63, 3.8) is 0 Å². The van der Waals surface area contributed by atoms with Gasteiger partial charge in [0.15, 0.2) is 5.78 Å². The van der Waals surface area contributed by atoms with Crippen LogP contribution in [0.2, 0.25) is 0 Å². The van der Waals surface area contributed by atoms with Crippen molar-refractivity contribution < 1.29 is 23.8 Å². The zero-order chi connectivity index (χ0) is 22.2. The van der Waals surface area contributed by atoms with Gasteiger partial charge in [0.1, 0.15) is 23.2 Å². The maximum absolute atomic E-state index is 13.0. The fourth-order valence-corrected chi connectivity index (χ4v) is 4.26. The highest BCUT2D eigenvalue weighted by atomic mass is 16.6. The molecule has 0 bridgehead atoms. The number of amides is 1. The number of nitriles is 1. The second-order valence-corrected chi connectivity index (χ2v) is 8.74. The molecule has 4 rings (SSSR count). The number of morpholine rings is 1. The van der Waals surface area contributed by atoms with Crippen molar-refractivity contribution in [1.29, 1.82) is 5.26 Å². The number of rotatable bonds is 2. The SMILES string of the molecule is CC1(C)CC(=O)C2=C(C1)OC(N)=C(C#N)[C@@H]2c1ccc(OC(=O)N2CCOCC2)cc1. The molecule has 0 spiro atoms. The van der Waals surface area contributed by atoms with Crippen LogP contribution in [0.1, 0.15) is 38.2 Å². The first-order valence-electron chi connectivity index (χ1n) is 10.3. The number of benzene rings is 1. The Morgan fingerprint density at radius 2 is 1.90 bits per heavy atom. The fraction of sp³-hybridized carbons (Fsp3) is 0.435. The van der Waals surface area contributed by atoms with Crippen LogP contribution in [-0.4, -0.2) is 43.1 Å². The number of carbonyl (C=O) groups excluding carboxylic acids is 2. The lowest BCUT2D eigenvalue weighted by Gasteiger charge is -2.37. The second-order valence-electron chi connectivity index (χ2n) is 8.74. The number of carbonyl (C=O) groups is 2. The molecule has 162 valence electrons. The highest BCUT2D eigenvalue weighted by molar-refractivity contribution is 6.00. The van der Waals surface area contributed by atoms with Gasteiger partial charge in [-0.25, -0.2) is 4.79 Å². The molecule has 1 aliphatic carbocycles. The molecule has 8 heteroatoms. The molecule has 1 aromatic carbocycles. The van der Waals surface area contributed by atoms with E-state index in [9.17, 15) is 14.9 Å². The molecule has 1 saturated heterocycles. The molecule has 8 nitrogen and oxygen atoms in total. The van der Waals surface area contributed by atoms with Crippen molar-refractivity contribution in [2.45, 2.75) is 32.6 Å². The molecule has 0 radical (unpaired) electrons. The van der Waals surface area contributed by atoms with E-state index in [1.54, 1.807) is 29.2 Å². The molecule has 3 aliphatic rings. The number of hydrogen-bond acceptors (Lipinski definition) is 7. The van der Waals surface area contributed by atoms with E-state index >= 15 is 0 Å². The van der Waals surface area contributed by atoms with Crippen molar-refractivity contribution in [1.82, 2.24) is 4.90 Å². The lowest BCUT2D eigenvalue weighted by atomic mass is 9.70. The number of hydrogen-bond donors (Lipinski definition) is 1. The quantitative estimate of drug-likeness (QED) is 0.777. The summed E-state index contributed by atoms with van der Waals surface area (Å²) in [6.07, 6.45) is 0.511. The van der Waals surface area contributed by atoms with E-state index in [2.05, 4.69) is 6.07 Å². The van der Waals surface area contributed by atoms with Crippen LogP contribution in [0.25, 0.3) is 0 Å². The van der Waals surface area contributed by atoms with Gasteiger partial charge >= 0.3 is 6.09 Å². The van der Waals surface area contributed by atoms with Gasteiger partial charge in [-0.05, 0) is 23.1 Å². The third kappa shape index (κ3) is 4.14. The Kier molecular flexibility index (Phi) is 5.46. The zero-order valence-electron chi connectivity index (χ0n) is 17.6. The number of nitrogens with two attached hydrogens (primary N) is 1. The zero-order valence-corrected chi connectivity index (χ0v) is 17.6. The van der Waals surface area contributed by atoms with Gasteiger partial charge in [-0.1, -0.05) is 26.0 Å². The molecule has 2 aliphatic heterocycles. The molecule has 0 unspecified atom stereocenters. The van der Waals surface area contributed by atoms with Gasteiger partial charge < -0.3 is 24.8 Å². The van der Waals surface area contributed by atoms with E-state index in [-0.39, 0.29) is 22.7 Å². The number of allylic oxidation sites excluding steroid dienone is 3. The summed E-state index contributed by atoms with van der Waals surface area (Å²) < 4.78 is 16.4. The van der Waals surface area contributed by atoms with E-state index in [1.807, 2.05) is 13.8 Å². The lowest BCUT2D eigenvalue weighted by Crippen LogP contribution is -2.42. The van der Waals surface area contributed by atoms with Gasteiger partial charge in [0.05, 0.1) is 19.1 Å². The van der Waals surface area contributed by atoms with Gasteiger partial charge in [-0.3, -0.25) is 4.79 Å². The second kappa shape index (κ2) is 8.08. The largest absolute Gasteiger partial charge is 0.444 e. The van der Waals surface area contributed by atoms with Crippen LogP contribution in [0.3, 0.4) is 0 Å². The summed E-state index contributed by atoms with van der Waals surface area (Å²) in [6.45, 7) is 5.97. The summed E-state index contributed by atoms with van der Waals surface area (Å²) in [4.78, 5) is 26.9. The first-order chi connectivity index (χ1) is 14.8. The molecule has 0 saturated carbocycles. The molecule has 2 N–H and O–H groups in total. The summed E-state index contributed by atoms with van der Waals surface area (Å²) in [5.74, 6) is 0.305. The van der Waals surface area contributed by atoms with E-state index in [0.29, 0.717) is 56.2 Å². The third-order valence-electron chi connectivity index (χ3n) is 5.76. The Morgan fingerprint density at radius 3 is 2.55 bits per heavy atom. The first kappa shape index (κ1) is 20.9. The Hall–Kier alpha value is -3.31. The summed E-state index contributed by atoms with van der Waals surface area (Å²) in [7, 11) is 0. The molecular weight excluding hydrogens is 398 g/mol. The van der Waals surface area contributed by atoms with Gasteiger partial charge in [-0.2, -0.15) is 5.26 Å². The van der Waals surface area contributed by atoms with Gasteiger partial charge in [0.2, 0.25) is 5.88 Å². The molecule has 1 fully saturated rings. The van der Waals surface area contributed by atoms with Crippen molar-refractivity contribution in [2.24, 2.45) is 11.1 Å². The van der Waals surface area contributed by atoms with Gasteiger partial charge in [0, 0.05) is 31.5 Å². The number of nitrogens with zero attached hydrogens (tertiary/aromatic N) is 2. The van der Waals surface area contributed by atoms with E-state index in [4.69, 9.17) is 19.9 Å². The summed E-state index contributed by atoms with van der Waals surface area (Å²) in [6, 6.07) is 8.92. The van der Waals surface area contributed by atoms with E-state index < -0.39 is 12.0 Å². The van der Waals surface area contributed by atoms with Crippen LogP contribution >= 0.6 is 0 Å². The number of ether oxygens (including phenoxy) is 3. The topological polar surface area (TPSA) is 115 Å². The normalized spacial score (nSPS) is 23.1. The maximum Gasteiger partial charge on any atom is 0.415 e. The number of ketones is 1. The molecule has 1 atom stereocenters. The van der Waals surface area contributed by atoms with Crippen LogP contribution < -0.4 is 10.5 Å². The van der Waals surface area contributed by atoms with Crippen molar-refractivity contribution >= 4 is 11.9 Å². The minimum absolute atomic E-state index is 0.0274. The van der Waals surface area contributed by atoms with Crippen molar-refractivity contribution in [3.05, 3.63) is 52.6 Å². The van der Waals surface area contributed by atoms with Crippen molar-refractivity contribution in [2.75, 3.05) is 26.3 Å². The number of Topliss-reactive ketones (excluding diaryl/α,β-unsaturated/α-hetero) is 1. The standard InChI is InChI=1S/C23H25N3O5/c1-23(2)11-17(27)20-18(12-23)31-21(25)16(13-24)19(20)14-3-5-15(6-4-14)30-22(28)26-7-9-29-10-8-26/h3-6,19H,7-12,25H2,1-2H3/t19-/m0/s1. The Bertz CT molecular complexity index is 1010. The first-order valence-corrected chi connectivity index (χ1v) is 10.3. The highest BCUT2D eigenvalue weighted by Crippen LogP contribution is 2.47.